The predicted octanol–water partition coefficient (Wildman–Crippen LogP) is 3.91. The van der Waals surface area contributed by atoms with Crippen molar-refractivity contribution in [2.75, 3.05) is 7.05 Å². The van der Waals surface area contributed by atoms with Crippen LogP contribution in [-0.2, 0) is 6.42 Å². The van der Waals surface area contributed by atoms with Crippen LogP contribution in [0.2, 0.25) is 5.02 Å². The highest BCUT2D eigenvalue weighted by molar-refractivity contribution is 6.30. The van der Waals surface area contributed by atoms with Crippen molar-refractivity contribution in [3.63, 3.8) is 0 Å². The van der Waals surface area contributed by atoms with Crippen molar-refractivity contribution in [3.05, 3.63) is 34.9 Å². The Kier molecular flexibility index (Phi) is 5.86. The summed E-state index contributed by atoms with van der Waals surface area (Å²) in [6.45, 7) is 4.52. The molecule has 1 aromatic carbocycles. The monoisotopic (exact) mass is 239 g/mol. The predicted molar refractivity (Wildman–Crippen MR) is 72.1 cm³/mol. The maximum absolute atomic E-state index is 6.00. The average Bonchev–Trinajstić information content (AvgIpc) is 2.29. The molecular weight excluding hydrogens is 218 g/mol. The lowest BCUT2D eigenvalue weighted by Crippen LogP contribution is -2.35. The highest BCUT2D eigenvalue weighted by Crippen LogP contribution is 2.19. The fraction of sp³-hybridized carbons (Fsp3) is 0.571. The Hall–Kier alpha value is -0.530. The molecule has 2 heteroatoms. The topological polar surface area (TPSA) is 12.0 Å². The third kappa shape index (κ3) is 3.80. The second-order valence-electron chi connectivity index (χ2n) is 4.31. The lowest BCUT2D eigenvalue weighted by atomic mass is 9.89. The number of nitrogens with one attached hydrogen (secondary N) is 1. The molecular formula is C14H22ClN. The average molecular weight is 240 g/mol. The molecule has 0 aliphatic rings. The lowest BCUT2D eigenvalue weighted by Gasteiger charge is -2.25. The van der Waals surface area contributed by atoms with E-state index in [0.29, 0.717) is 6.04 Å². The summed E-state index contributed by atoms with van der Waals surface area (Å²) in [5.41, 5.74) is 1.32. The van der Waals surface area contributed by atoms with Crippen molar-refractivity contribution >= 4 is 11.6 Å². The van der Waals surface area contributed by atoms with Gasteiger partial charge in [0.2, 0.25) is 0 Å². The smallest absolute Gasteiger partial charge is 0.0408 e. The van der Waals surface area contributed by atoms with Crippen molar-refractivity contribution < 1.29 is 0 Å². The van der Waals surface area contributed by atoms with E-state index >= 15 is 0 Å². The highest BCUT2D eigenvalue weighted by Gasteiger charge is 2.16. The molecule has 1 atom stereocenters. The third-order valence-electron chi connectivity index (χ3n) is 3.33. The largest absolute Gasteiger partial charge is 0.316 e. The van der Waals surface area contributed by atoms with Gasteiger partial charge in [-0.25, -0.2) is 0 Å². The van der Waals surface area contributed by atoms with Crippen molar-refractivity contribution in [2.24, 2.45) is 5.92 Å². The Bertz CT molecular complexity index is 307. The first-order chi connectivity index (χ1) is 7.71. The van der Waals surface area contributed by atoms with E-state index in [1.165, 1.54) is 18.4 Å². The van der Waals surface area contributed by atoms with Gasteiger partial charge >= 0.3 is 0 Å². The number of likely N-dealkylation sites (N-methyl/N-ethyl adjacent to an activating group) is 1. The molecule has 0 saturated heterocycles. The summed E-state index contributed by atoms with van der Waals surface area (Å²) in [4.78, 5) is 0. The molecule has 0 heterocycles. The SMILES string of the molecule is CCC(CC)C(Cc1cccc(Cl)c1)NC. The zero-order valence-electron chi connectivity index (χ0n) is 10.5. The lowest BCUT2D eigenvalue weighted by molar-refractivity contribution is 0.349. The summed E-state index contributed by atoms with van der Waals surface area (Å²) in [6.07, 6.45) is 3.51. The van der Waals surface area contributed by atoms with Crippen LogP contribution in [0.15, 0.2) is 24.3 Å². The fourth-order valence-corrected chi connectivity index (χ4v) is 2.49. The van der Waals surface area contributed by atoms with Crippen LogP contribution in [0.3, 0.4) is 0 Å². The molecule has 0 spiro atoms. The van der Waals surface area contributed by atoms with Crippen molar-refractivity contribution in [1.82, 2.24) is 5.32 Å². The molecule has 0 saturated carbocycles. The van der Waals surface area contributed by atoms with Gasteiger partial charge in [0.05, 0.1) is 0 Å². The number of hydrogen-bond acceptors (Lipinski definition) is 1. The quantitative estimate of drug-likeness (QED) is 0.794. The second-order valence-corrected chi connectivity index (χ2v) is 4.74. The normalized spacial score (nSPS) is 13.1. The van der Waals surface area contributed by atoms with Crippen LogP contribution in [0.1, 0.15) is 32.3 Å². The van der Waals surface area contributed by atoms with Gasteiger partial charge < -0.3 is 5.32 Å². The molecule has 16 heavy (non-hydrogen) atoms. The van der Waals surface area contributed by atoms with Crippen LogP contribution in [0.25, 0.3) is 0 Å². The summed E-state index contributed by atoms with van der Waals surface area (Å²) in [6, 6.07) is 8.72. The molecule has 0 radical (unpaired) electrons. The summed E-state index contributed by atoms with van der Waals surface area (Å²) in [5, 5.41) is 4.26. The summed E-state index contributed by atoms with van der Waals surface area (Å²) < 4.78 is 0. The van der Waals surface area contributed by atoms with E-state index in [4.69, 9.17) is 11.6 Å². The van der Waals surface area contributed by atoms with E-state index in [1.807, 2.05) is 19.2 Å². The van der Waals surface area contributed by atoms with Gasteiger partial charge in [0.1, 0.15) is 0 Å². The van der Waals surface area contributed by atoms with Crippen LogP contribution in [0.4, 0.5) is 0 Å². The van der Waals surface area contributed by atoms with Gasteiger partial charge in [-0.15, -0.1) is 0 Å². The Morgan fingerprint density at radius 2 is 1.94 bits per heavy atom. The maximum Gasteiger partial charge on any atom is 0.0408 e. The number of benzene rings is 1. The van der Waals surface area contributed by atoms with Gasteiger partial charge in [-0.3, -0.25) is 0 Å². The van der Waals surface area contributed by atoms with Gasteiger partial charge in [-0.05, 0) is 37.1 Å². The van der Waals surface area contributed by atoms with Gasteiger partial charge in [0, 0.05) is 11.1 Å². The van der Waals surface area contributed by atoms with Crippen LogP contribution in [0, 0.1) is 5.92 Å². The first-order valence-corrected chi connectivity index (χ1v) is 6.50. The van der Waals surface area contributed by atoms with Crippen molar-refractivity contribution in [2.45, 2.75) is 39.2 Å². The Morgan fingerprint density at radius 3 is 2.44 bits per heavy atom. The fourth-order valence-electron chi connectivity index (χ4n) is 2.28. The zero-order chi connectivity index (χ0) is 12.0. The molecule has 1 unspecified atom stereocenters. The van der Waals surface area contributed by atoms with E-state index in [1.54, 1.807) is 0 Å². The molecule has 0 aliphatic carbocycles. The Balaban J connectivity index is 2.69. The van der Waals surface area contributed by atoms with E-state index in [-0.39, 0.29) is 0 Å². The van der Waals surface area contributed by atoms with E-state index < -0.39 is 0 Å². The number of halogens is 1. The molecule has 0 amide bonds. The first kappa shape index (κ1) is 13.5. The molecule has 0 fully saturated rings. The molecule has 1 rings (SSSR count). The Labute approximate surface area is 104 Å². The Morgan fingerprint density at radius 1 is 1.25 bits per heavy atom. The first-order valence-electron chi connectivity index (χ1n) is 6.12. The standard InChI is InChI=1S/C14H22ClN/c1-4-12(5-2)14(16-3)10-11-7-6-8-13(15)9-11/h6-9,12,14,16H,4-5,10H2,1-3H3. The number of hydrogen-bond donors (Lipinski definition) is 1. The van der Waals surface area contributed by atoms with Crippen LogP contribution >= 0.6 is 11.6 Å². The van der Waals surface area contributed by atoms with Crippen LogP contribution in [-0.4, -0.2) is 13.1 Å². The molecule has 1 aromatic rings. The second kappa shape index (κ2) is 6.93. The van der Waals surface area contributed by atoms with Gasteiger partial charge in [0.15, 0.2) is 0 Å². The van der Waals surface area contributed by atoms with Gasteiger partial charge in [0.25, 0.3) is 0 Å². The summed E-state index contributed by atoms with van der Waals surface area (Å²) >= 11 is 6.00. The van der Waals surface area contributed by atoms with Crippen LogP contribution < -0.4 is 5.32 Å². The van der Waals surface area contributed by atoms with Crippen molar-refractivity contribution in [3.8, 4) is 0 Å². The number of rotatable bonds is 6. The maximum atomic E-state index is 6.00. The van der Waals surface area contributed by atoms with Crippen molar-refractivity contribution in [1.29, 1.82) is 0 Å². The summed E-state index contributed by atoms with van der Waals surface area (Å²) in [7, 11) is 2.05. The minimum Gasteiger partial charge on any atom is -0.316 e. The van der Waals surface area contributed by atoms with Gasteiger partial charge in [-0.1, -0.05) is 50.4 Å². The molecule has 0 aromatic heterocycles. The molecule has 1 nitrogen and oxygen atoms in total. The summed E-state index contributed by atoms with van der Waals surface area (Å²) in [5.74, 6) is 0.740. The zero-order valence-corrected chi connectivity index (χ0v) is 11.2. The molecule has 0 bridgehead atoms. The minimum atomic E-state index is 0.550. The van der Waals surface area contributed by atoms with Gasteiger partial charge in [-0.2, -0.15) is 0 Å². The van der Waals surface area contributed by atoms with E-state index in [2.05, 4.69) is 31.3 Å². The highest BCUT2D eigenvalue weighted by atomic mass is 35.5. The molecule has 90 valence electrons. The third-order valence-corrected chi connectivity index (χ3v) is 3.57. The van der Waals surface area contributed by atoms with E-state index in [9.17, 15) is 0 Å². The molecule has 0 aliphatic heterocycles. The molecule has 1 N–H and O–H groups in total. The van der Waals surface area contributed by atoms with Crippen LogP contribution in [0.5, 0.6) is 0 Å². The minimum absolute atomic E-state index is 0.550. The van der Waals surface area contributed by atoms with E-state index in [0.717, 1.165) is 17.4 Å².